The molecule has 0 spiro atoms. The number of nitrogens with two attached hydrogens (primary N) is 1. The average Bonchev–Trinajstić information content (AvgIpc) is 2.83. The Morgan fingerprint density at radius 1 is 1.18 bits per heavy atom. The molecule has 0 fully saturated rings. The number of H-pyrrole nitrogens is 1. The number of aromatic nitrogens is 2. The predicted molar refractivity (Wildman–Crippen MR) is 125 cm³/mol. The molecular formula is C24H25N5O4. The lowest BCUT2D eigenvalue weighted by Crippen LogP contribution is -2.41. The third kappa shape index (κ3) is 4.96. The SMILES string of the molecule is CCCCn1c(N)c(N(Cc2ccccc2OC)C(=O)c2ccc(C#N)cc2)c(=O)[nH]c1=O. The molecule has 9 nitrogen and oxygen atoms in total. The number of methoxy groups -OCH3 is 1. The third-order valence-electron chi connectivity index (χ3n) is 5.25. The Kier molecular flexibility index (Phi) is 7.31. The quantitative estimate of drug-likeness (QED) is 0.545. The Bertz CT molecular complexity index is 1300. The lowest BCUT2D eigenvalue weighted by Gasteiger charge is -2.25. The normalized spacial score (nSPS) is 10.5. The van der Waals surface area contributed by atoms with Crippen LogP contribution < -0.4 is 26.6 Å². The van der Waals surface area contributed by atoms with Gasteiger partial charge in [-0.2, -0.15) is 5.26 Å². The first-order valence-corrected chi connectivity index (χ1v) is 10.5. The molecule has 0 unspecified atom stereocenters. The Hall–Kier alpha value is -4.32. The first-order valence-electron chi connectivity index (χ1n) is 10.5. The summed E-state index contributed by atoms with van der Waals surface area (Å²) in [6.45, 7) is 2.25. The second kappa shape index (κ2) is 10.3. The van der Waals surface area contributed by atoms with E-state index >= 15 is 0 Å². The molecule has 0 bridgehead atoms. The Morgan fingerprint density at radius 2 is 1.88 bits per heavy atom. The molecule has 0 aliphatic rings. The lowest BCUT2D eigenvalue weighted by atomic mass is 10.1. The van der Waals surface area contributed by atoms with Gasteiger partial charge in [-0.15, -0.1) is 0 Å². The molecule has 3 rings (SSSR count). The number of nitrogens with one attached hydrogen (secondary N) is 1. The summed E-state index contributed by atoms with van der Waals surface area (Å²) < 4.78 is 6.67. The van der Waals surface area contributed by atoms with Gasteiger partial charge in [-0.05, 0) is 36.8 Å². The van der Waals surface area contributed by atoms with Gasteiger partial charge >= 0.3 is 5.69 Å². The van der Waals surface area contributed by atoms with Crippen LogP contribution in [0.4, 0.5) is 11.5 Å². The maximum atomic E-state index is 13.6. The van der Waals surface area contributed by atoms with Crippen molar-refractivity contribution in [1.82, 2.24) is 9.55 Å². The summed E-state index contributed by atoms with van der Waals surface area (Å²) in [5.74, 6) is -0.0678. The van der Waals surface area contributed by atoms with Crippen LogP contribution in [0.1, 0.15) is 41.3 Å². The third-order valence-corrected chi connectivity index (χ3v) is 5.25. The lowest BCUT2D eigenvalue weighted by molar-refractivity contribution is 0.0984. The van der Waals surface area contributed by atoms with Gasteiger partial charge in [-0.3, -0.25) is 24.0 Å². The summed E-state index contributed by atoms with van der Waals surface area (Å²) in [4.78, 5) is 42.4. The van der Waals surface area contributed by atoms with Crippen molar-refractivity contribution in [1.29, 1.82) is 5.26 Å². The van der Waals surface area contributed by atoms with Crippen molar-refractivity contribution in [2.45, 2.75) is 32.9 Å². The molecule has 1 heterocycles. The average molecular weight is 447 g/mol. The number of amides is 1. The number of rotatable bonds is 8. The first-order chi connectivity index (χ1) is 15.9. The second-order valence-corrected chi connectivity index (χ2v) is 7.39. The van der Waals surface area contributed by atoms with Gasteiger partial charge in [0.15, 0.2) is 5.69 Å². The van der Waals surface area contributed by atoms with E-state index in [-0.39, 0.29) is 23.6 Å². The van der Waals surface area contributed by atoms with E-state index < -0.39 is 17.2 Å². The number of hydrogen-bond acceptors (Lipinski definition) is 6. The van der Waals surface area contributed by atoms with Crippen LogP contribution in [0.15, 0.2) is 58.1 Å². The highest BCUT2D eigenvalue weighted by Crippen LogP contribution is 2.26. The van der Waals surface area contributed by atoms with Crippen LogP contribution in [-0.2, 0) is 13.1 Å². The zero-order valence-corrected chi connectivity index (χ0v) is 18.5. The van der Waals surface area contributed by atoms with Gasteiger partial charge in [0.2, 0.25) is 0 Å². The molecule has 1 amide bonds. The zero-order chi connectivity index (χ0) is 24.0. The summed E-state index contributed by atoms with van der Waals surface area (Å²) in [6, 6.07) is 15.2. The van der Waals surface area contributed by atoms with E-state index in [9.17, 15) is 14.4 Å². The molecule has 0 atom stereocenters. The molecule has 3 N–H and O–H groups in total. The van der Waals surface area contributed by atoms with Gasteiger partial charge in [-0.1, -0.05) is 31.5 Å². The number of nitrogen functional groups attached to an aromatic ring is 1. The van der Waals surface area contributed by atoms with E-state index in [0.29, 0.717) is 29.8 Å². The highest BCUT2D eigenvalue weighted by molar-refractivity contribution is 6.07. The monoisotopic (exact) mass is 447 g/mol. The number of nitrogens with zero attached hydrogens (tertiary/aromatic N) is 3. The Labute approximate surface area is 190 Å². The molecule has 0 aliphatic heterocycles. The molecule has 9 heteroatoms. The minimum atomic E-state index is -0.762. The van der Waals surface area contributed by atoms with Crippen molar-refractivity contribution in [2.24, 2.45) is 0 Å². The number of anilines is 2. The van der Waals surface area contributed by atoms with E-state index in [1.165, 1.54) is 40.8 Å². The minimum Gasteiger partial charge on any atom is -0.496 e. The Balaban J connectivity index is 2.18. The van der Waals surface area contributed by atoms with Crippen molar-refractivity contribution in [3.8, 4) is 11.8 Å². The van der Waals surface area contributed by atoms with Crippen LogP contribution >= 0.6 is 0 Å². The highest BCUT2D eigenvalue weighted by atomic mass is 16.5. The number of benzene rings is 2. The maximum Gasteiger partial charge on any atom is 0.330 e. The second-order valence-electron chi connectivity index (χ2n) is 7.39. The van der Waals surface area contributed by atoms with Crippen molar-refractivity contribution in [3.05, 3.63) is 86.1 Å². The zero-order valence-electron chi connectivity index (χ0n) is 18.5. The predicted octanol–water partition coefficient (Wildman–Crippen LogP) is 2.65. The summed E-state index contributed by atoms with van der Waals surface area (Å²) >= 11 is 0. The number of nitriles is 1. The highest BCUT2D eigenvalue weighted by Gasteiger charge is 2.26. The van der Waals surface area contributed by atoms with Crippen LogP contribution in [0, 0.1) is 11.3 Å². The smallest absolute Gasteiger partial charge is 0.330 e. The number of aromatic amines is 1. The van der Waals surface area contributed by atoms with Crippen molar-refractivity contribution in [3.63, 3.8) is 0 Å². The molecule has 0 radical (unpaired) electrons. The van der Waals surface area contributed by atoms with Gasteiger partial charge in [0.1, 0.15) is 11.6 Å². The van der Waals surface area contributed by atoms with Gasteiger partial charge in [-0.25, -0.2) is 4.79 Å². The van der Waals surface area contributed by atoms with Crippen molar-refractivity contribution >= 4 is 17.4 Å². The largest absolute Gasteiger partial charge is 0.496 e. The van der Waals surface area contributed by atoms with E-state index in [1.54, 1.807) is 24.3 Å². The molecule has 33 heavy (non-hydrogen) atoms. The number of hydrogen-bond donors (Lipinski definition) is 2. The fourth-order valence-electron chi connectivity index (χ4n) is 3.48. The van der Waals surface area contributed by atoms with Gasteiger partial charge in [0.25, 0.3) is 11.5 Å². The van der Waals surface area contributed by atoms with E-state index in [1.807, 2.05) is 13.0 Å². The molecule has 0 aliphatic carbocycles. The number of carbonyl (C=O) groups is 1. The van der Waals surface area contributed by atoms with Crippen LogP contribution in [-0.4, -0.2) is 22.6 Å². The number of ether oxygens (including phenoxy) is 1. The van der Waals surface area contributed by atoms with Crippen LogP contribution in [0.25, 0.3) is 0 Å². The number of para-hydroxylation sites is 1. The summed E-state index contributed by atoms with van der Waals surface area (Å²) in [7, 11) is 1.51. The maximum absolute atomic E-state index is 13.6. The molecule has 3 aromatic rings. The molecule has 0 saturated carbocycles. The molecule has 2 aromatic carbocycles. The van der Waals surface area contributed by atoms with Gasteiger partial charge in [0, 0.05) is 17.7 Å². The van der Waals surface area contributed by atoms with E-state index in [4.69, 9.17) is 15.7 Å². The minimum absolute atomic E-state index is 0.0257. The molecule has 170 valence electrons. The van der Waals surface area contributed by atoms with Gasteiger partial charge in [0.05, 0.1) is 25.3 Å². The van der Waals surface area contributed by atoms with Crippen LogP contribution in [0.2, 0.25) is 0 Å². The van der Waals surface area contributed by atoms with Crippen molar-refractivity contribution < 1.29 is 9.53 Å². The fourth-order valence-corrected chi connectivity index (χ4v) is 3.48. The summed E-state index contributed by atoms with van der Waals surface area (Å²) in [5, 5.41) is 9.05. The first kappa shape index (κ1) is 23.3. The standard InChI is InChI=1S/C24H25N5O4/c1-3-4-13-28-21(26)20(22(30)27-24(28)32)29(15-18-7-5-6-8-19(18)33-2)23(31)17-11-9-16(14-25)10-12-17/h5-12H,3-4,13,15,26H2,1-2H3,(H,27,30,32). The van der Waals surface area contributed by atoms with Crippen LogP contribution in [0.5, 0.6) is 5.75 Å². The molecule has 1 aromatic heterocycles. The van der Waals surface area contributed by atoms with E-state index in [2.05, 4.69) is 4.98 Å². The topological polar surface area (TPSA) is 134 Å². The van der Waals surface area contributed by atoms with Crippen LogP contribution in [0.3, 0.4) is 0 Å². The summed E-state index contributed by atoms with van der Waals surface area (Å²) in [6.07, 6.45) is 1.49. The fraction of sp³-hybridized carbons (Fsp3) is 0.250. The Morgan fingerprint density at radius 3 is 2.52 bits per heavy atom. The van der Waals surface area contributed by atoms with Gasteiger partial charge < -0.3 is 10.5 Å². The number of carbonyl (C=O) groups excluding carboxylic acids is 1. The summed E-state index contributed by atoms with van der Waals surface area (Å²) in [5.41, 5.74) is 6.08. The van der Waals surface area contributed by atoms with Crippen molar-refractivity contribution in [2.75, 3.05) is 17.7 Å². The van der Waals surface area contributed by atoms with E-state index in [0.717, 1.165) is 6.42 Å². The molecular weight excluding hydrogens is 422 g/mol. The molecule has 0 saturated heterocycles. The number of unbranched alkanes of at least 4 members (excludes halogenated alkanes) is 1.